The Bertz CT molecular complexity index is 715. The summed E-state index contributed by atoms with van der Waals surface area (Å²) < 4.78 is 1.92. The number of nitrogens with zero attached hydrogens (tertiary/aromatic N) is 4. The third kappa shape index (κ3) is 3.09. The molecule has 1 aliphatic carbocycles. The van der Waals surface area contributed by atoms with Crippen molar-refractivity contribution in [1.29, 1.82) is 0 Å². The van der Waals surface area contributed by atoms with E-state index in [9.17, 15) is 4.79 Å². The van der Waals surface area contributed by atoms with Gasteiger partial charge in [-0.2, -0.15) is 5.10 Å². The summed E-state index contributed by atoms with van der Waals surface area (Å²) in [6.45, 7) is 7.11. The number of amides is 1. The minimum Gasteiger partial charge on any atom is -0.342 e. The van der Waals surface area contributed by atoms with E-state index >= 15 is 0 Å². The van der Waals surface area contributed by atoms with Gasteiger partial charge in [0.15, 0.2) is 5.65 Å². The van der Waals surface area contributed by atoms with Crippen LogP contribution in [0, 0.1) is 0 Å². The molecule has 1 amide bonds. The molecule has 124 valence electrons. The van der Waals surface area contributed by atoms with Crippen molar-refractivity contribution >= 4 is 16.9 Å². The third-order valence-corrected chi connectivity index (χ3v) is 4.50. The second kappa shape index (κ2) is 6.30. The van der Waals surface area contributed by atoms with Crippen LogP contribution >= 0.6 is 0 Å². The summed E-state index contributed by atoms with van der Waals surface area (Å²) in [6, 6.07) is 2.23. The predicted molar refractivity (Wildman–Crippen MR) is 91.8 cm³/mol. The van der Waals surface area contributed by atoms with Crippen molar-refractivity contribution < 1.29 is 4.79 Å². The van der Waals surface area contributed by atoms with Crippen molar-refractivity contribution in [3.05, 3.63) is 23.5 Å². The summed E-state index contributed by atoms with van der Waals surface area (Å²) in [4.78, 5) is 19.5. The molecule has 0 N–H and O–H groups in total. The van der Waals surface area contributed by atoms with E-state index in [1.54, 1.807) is 6.20 Å². The van der Waals surface area contributed by atoms with Crippen LogP contribution in [0.15, 0.2) is 12.3 Å². The maximum atomic E-state index is 12.9. The average Bonchev–Trinajstić information content (AvgIpc) is 3.29. The van der Waals surface area contributed by atoms with Crippen LogP contribution in [0.2, 0.25) is 0 Å². The van der Waals surface area contributed by atoms with Gasteiger partial charge in [0.25, 0.3) is 5.91 Å². The Hall–Kier alpha value is -1.91. The first-order valence-corrected chi connectivity index (χ1v) is 8.66. The van der Waals surface area contributed by atoms with Crippen molar-refractivity contribution in [3.8, 4) is 0 Å². The van der Waals surface area contributed by atoms with Crippen molar-refractivity contribution in [2.24, 2.45) is 0 Å². The van der Waals surface area contributed by atoms with Gasteiger partial charge >= 0.3 is 0 Å². The maximum Gasteiger partial charge on any atom is 0.254 e. The van der Waals surface area contributed by atoms with Gasteiger partial charge in [0.05, 0.1) is 17.1 Å². The predicted octanol–water partition coefficient (Wildman–Crippen LogP) is 3.76. The first-order valence-electron chi connectivity index (χ1n) is 8.66. The monoisotopic (exact) mass is 314 g/mol. The molecule has 0 aromatic carbocycles. The van der Waals surface area contributed by atoms with Gasteiger partial charge in [-0.05, 0) is 39.2 Å². The van der Waals surface area contributed by atoms with E-state index in [1.807, 2.05) is 22.7 Å². The normalized spacial score (nSPS) is 14.7. The van der Waals surface area contributed by atoms with E-state index in [0.29, 0.717) is 5.92 Å². The van der Waals surface area contributed by atoms with Gasteiger partial charge in [-0.25, -0.2) is 9.67 Å². The lowest BCUT2D eigenvalue weighted by Gasteiger charge is -2.18. The Morgan fingerprint density at radius 3 is 2.78 bits per heavy atom. The molecule has 3 rings (SSSR count). The molecule has 1 saturated carbocycles. The summed E-state index contributed by atoms with van der Waals surface area (Å²) in [5.41, 5.74) is 2.64. The van der Waals surface area contributed by atoms with Gasteiger partial charge < -0.3 is 4.90 Å². The molecule has 0 spiro atoms. The van der Waals surface area contributed by atoms with Gasteiger partial charge in [0.1, 0.15) is 0 Å². The number of fused-ring (bicyclic) bond motifs is 1. The molecular weight excluding hydrogens is 288 g/mol. The molecule has 5 heteroatoms. The summed E-state index contributed by atoms with van der Waals surface area (Å²) >= 11 is 0. The van der Waals surface area contributed by atoms with E-state index < -0.39 is 0 Å². The first kappa shape index (κ1) is 16.0. The van der Waals surface area contributed by atoms with E-state index in [4.69, 9.17) is 4.98 Å². The van der Waals surface area contributed by atoms with E-state index in [1.165, 1.54) is 12.8 Å². The Morgan fingerprint density at radius 1 is 1.43 bits per heavy atom. The number of hydrogen-bond donors (Lipinski definition) is 0. The van der Waals surface area contributed by atoms with E-state index in [0.717, 1.165) is 41.7 Å². The molecule has 1 fully saturated rings. The van der Waals surface area contributed by atoms with Gasteiger partial charge in [-0.15, -0.1) is 0 Å². The fourth-order valence-corrected chi connectivity index (χ4v) is 2.88. The molecule has 0 unspecified atom stereocenters. The molecule has 1 aliphatic rings. The van der Waals surface area contributed by atoms with Crippen LogP contribution in [0.5, 0.6) is 0 Å². The topological polar surface area (TPSA) is 51.0 Å². The largest absolute Gasteiger partial charge is 0.342 e. The van der Waals surface area contributed by atoms with Crippen LogP contribution in [0.25, 0.3) is 11.0 Å². The number of rotatable bonds is 6. The summed E-state index contributed by atoms with van der Waals surface area (Å²) in [7, 11) is 1.88. The maximum absolute atomic E-state index is 12.9. The number of hydrogen-bond acceptors (Lipinski definition) is 3. The average molecular weight is 314 g/mol. The highest BCUT2D eigenvalue weighted by Crippen LogP contribution is 2.40. The minimum absolute atomic E-state index is 0.0797. The second-order valence-corrected chi connectivity index (χ2v) is 6.87. The zero-order chi connectivity index (χ0) is 16.6. The Kier molecular flexibility index (Phi) is 4.37. The van der Waals surface area contributed by atoms with Crippen LogP contribution in [0.1, 0.15) is 74.5 Å². The number of carbonyl (C=O) groups is 1. The fourth-order valence-electron chi connectivity index (χ4n) is 2.88. The molecule has 2 aromatic heterocycles. The summed E-state index contributed by atoms with van der Waals surface area (Å²) in [5.74, 6) is 0.596. The molecule has 0 atom stereocenters. The van der Waals surface area contributed by atoms with Crippen molar-refractivity contribution in [2.45, 2.75) is 58.4 Å². The number of carbonyl (C=O) groups excluding carboxylic acids is 1. The van der Waals surface area contributed by atoms with Crippen LogP contribution in [0.4, 0.5) is 0 Å². The Balaban J connectivity index is 2.05. The molecular formula is C18H26N4O. The van der Waals surface area contributed by atoms with Gasteiger partial charge in [0.2, 0.25) is 0 Å². The second-order valence-electron chi connectivity index (χ2n) is 6.87. The van der Waals surface area contributed by atoms with Crippen LogP contribution in [-0.2, 0) is 0 Å². The SMILES string of the molecule is CCCCN(C)C(=O)c1cc(C2CC2)nc2c1cnn2C(C)C. The first-order chi connectivity index (χ1) is 11.0. The smallest absolute Gasteiger partial charge is 0.254 e. The quantitative estimate of drug-likeness (QED) is 0.815. The molecule has 0 saturated heterocycles. The molecule has 2 heterocycles. The highest BCUT2D eigenvalue weighted by molar-refractivity contribution is 6.05. The van der Waals surface area contributed by atoms with Crippen molar-refractivity contribution in [2.75, 3.05) is 13.6 Å². The highest BCUT2D eigenvalue weighted by Gasteiger charge is 2.28. The van der Waals surface area contributed by atoms with Crippen molar-refractivity contribution in [1.82, 2.24) is 19.7 Å². The zero-order valence-electron chi connectivity index (χ0n) is 14.5. The van der Waals surface area contributed by atoms with Crippen molar-refractivity contribution in [3.63, 3.8) is 0 Å². The molecule has 23 heavy (non-hydrogen) atoms. The van der Waals surface area contributed by atoms with Gasteiger partial charge in [-0.1, -0.05) is 13.3 Å². The zero-order valence-corrected chi connectivity index (χ0v) is 14.5. The summed E-state index contributed by atoms with van der Waals surface area (Å²) in [6.07, 6.45) is 6.25. The number of pyridine rings is 1. The lowest BCUT2D eigenvalue weighted by molar-refractivity contribution is 0.0795. The Labute approximate surface area is 137 Å². The lowest BCUT2D eigenvalue weighted by Crippen LogP contribution is -2.28. The third-order valence-electron chi connectivity index (χ3n) is 4.50. The molecule has 0 aliphatic heterocycles. The fraction of sp³-hybridized carbons (Fsp3) is 0.611. The van der Waals surface area contributed by atoms with Crippen LogP contribution in [-0.4, -0.2) is 39.2 Å². The van der Waals surface area contributed by atoms with E-state index in [2.05, 4.69) is 25.9 Å². The number of unbranched alkanes of at least 4 members (excludes halogenated alkanes) is 1. The highest BCUT2D eigenvalue weighted by atomic mass is 16.2. The molecule has 0 radical (unpaired) electrons. The number of aromatic nitrogens is 3. The lowest BCUT2D eigenvalue weighted by atomic mass is 10.1. The summed E-state index contributed by atoms with van der Waals surface area (Å²) in [5, 5.41) is 5.34. The van der Waals surface area contributed by atoms with Crippen LogP contribution < -0.4 is 0 Å². The van der Waals surface area contributed by atoms with Crippen LogP contribution in [0.3, 0.4) is 0 Å². The molecule has 5 nitrogen and oxygen atoms in total. The standard InChI is InChI=1S/C18H26N4O/c1-5-6-9-21(4)18(23)14-10-16(13-7-8-13)20-17-15(14)11-19-22(17)12(2)3/h10-13H,5-9H2,1-4H3. The van der Waals surface area contributed by atoms with Gasteiger partial charge in [0, 0.05) is 31.2 Å². The van der Waals surface area contributed by atoms with Gasteiger partial charge in [-0.3, -0.25) is 4.79 Å². The molecule has 0 bridgehead atoms. The Morgan fingerprint density at radius 2 is 2.17 bits per heavy atom. The van der Waals surface area contributed by atoms with E-state index in [-0.39, 0.29) is 11.9 Å². The molecule has 2 aromatic rings. The minimum atomic E-state index is 0.0797.